The highest BCUT2D eigenvalue weighted by Crippen LogP contribution is 2.15. The van der Waals surface area contributed by atoms with Crippen LogP contribution >= 0.6 is 0 Å². The lowest BCUT2D eigenvalue weighted by molar-refractivity contribution is -0.144. The Kier molecular flexibility index (Phi) is 7.19. The van der Waals surface area contributed by atoms with Crippen LogP contribution in [0.4, 0.5) is 0 Å². The number of nitrogens with one attached hydrogen (secondary N) is 1. The van der Waals surface area contributed by atoms with E-state index in [1.165, 1.54) is 5.56 Å². The normalized spacial score (nSPS) is 13.7. The van der Waals surface area contributed by atoms with Crippen LogP contribution in [0.25, 0.3) is 0 Å². The zero-order chi connectivity index (χ0) is 15.7. The fraction of sp³-hybridized carbons (Fsp3) is 0.562. The molecule has 1 atom stereocenters. The molecular formula is C16H25NO4. The van der Waals surface area contributed by atoms with Gasteiger partial charge in [0.2, 0.25) is 0 Å². The Labute approximate surface area is 126 Å². The van der Waals surface area contributed by atoms with Crippen molar-refractivity contribution in [3.05, 3.63) is 29.8 Å². The summed E-state index contributed by atoms with van der Waals surface area (Å²) in [5.74, 6) is -0.108. The molecule has 1 rings (SSSR count). The standard InChI is InChI=1S/C16H25NO4/c1-4-17-16(2,15(18)19)10-12-21-14-7-5-13(6-8-14)9-11-20-3/h5-8,17H,4,9-12H2,1-3H3,(H,18,19). The summed E-state index contributed by atoms with van der Waals surface area (Å²) in [5.41, 5.74) is 0.236. The fourth-order valence-electron chi connectivity index (χ4n) is 2.01. The summed E-state index contributed by atoms with van der Waals surface area (Å²) in [6.45, 7) is 5.22. The minimum Gasteiger partial charge on any atom is -0.494 e. The van der Waals surface area contributed by atoms with Crippen molar-refractivity contribution in [2.24, 2.45) is 0 Å². The van der Waals surface area contributed by atoms with Crippen molar-refractivity contribution in [2.45, 2.75) is 32.2 Å². The van der Waals surface area contributed by atoms with Crippen molar-refractivity contribution in [3.8, 4) is 5.75 Å². The van der Waals surface area contributed by atoms with E-state index in [4.69, 9.17) is 9.47 Å². The number of carbonyl (C=O) groups is 1. The number of hydrogen-bond donors (Lipinski definition) is 2. The molecule has 0 bridgehead atoms. The van der Waals surface area contributed by atoms with E-state index in [2.05, 4.69) is 5.32 Å². The van der Waals surface area contributed by atoms with E-state index in [1.54, 1.807) is 14.0 Å². The maximum Gasteiger partial charge on any atom is 0.323 e. The SMILES string of the molecule is CCNC(C)(CCOc1ccc(CCOC)cc1)C(=O)O. The number of ether oxygens (including phenoxy) is 2. The maximum absolute atomic E-state index is 11.3. The Balaban J connectivity index is 2.46. The number of hydrogen-bond acceptors (Lipinski definition) is 4. The van der Waals surface area contributed by atoms with Gasteiger partial charge in [-0.2, -0.15) is 0 Å². The van der Waals surface area contributed by atoms with Gasteiger partial charge in [0.1, 0.15) is 11.3 Å². The van der Waals surface area contributed by atoms with Gasteiger partial charge >= 0.3 is 5.97 Å². The van der Waals surface area contributed by atoms with Crippen molar-refractivity contribution in [3.63, 3.8) is 0 Å². The molecule has 1 aromatic carbocycles. The second kappa shape index (κ2) is 8.64. The van der Waals surface area contributed by atoms with Crippen molar-refractivity contribution in [1.29, 1.82) is 0 Å². The zero-order valence-electron chi connectivity index (χ0n) is 13.0. The Morgan fingerprint density at radius 2 is 1.95 bits per heavy atom. The monoisotopic (exact) mass is 295 g/mol. The topological polar surface area (TPSA) is 67.8 Å². The second-order valence-corrected chi connectivity index (χ2v) is 5.15. The number of likely N-dealkylation sites (N-methyl/N-ethyl adjacent to an activating group) is 1. The van der Waals surface area contributed by atoms with Crippen molar-refractivity contribution >= 4 is 5.97 Å². The van der Waals surface area contributed by atoms with Crippen LogP contribution < -0.4 is 10.1 Å². The van der Waals surface area contributed by atoms with E-state index in [-0.39, 0.29) is 0 Å². The van der Waals surface area contributed by atoms with Crippen LogP contribution in [0, 0.1) is 0 Å². The Bertz CT molecular complexity index is 432. The molecule has 21 heavy (non-hydrogen) atoms. The average Bonchev–Trinajstić information content (AvgIpc) is 2.46. The molecule has 0 saturated heterocycles. The second-order valence-electron chi connectivity index (χ2n) is 5.15. The van der Waals surface area contributed by atoms with E-state index in [9.17, 15) is 9.90 Å². The molecule has 0 fully saturated rings. The molecule has 5 heteroatoms. The van der Waals surface area contributed by atoms with Gasteiger partial charge in [-0.05, 0) is 37.6 Å². The van der Waals surface area contributed by atoms with Crippen LogP contribution in [0.2, 0.25) is 0 Å². The molecule has 0 aromatic heterocycles. The summed E-state index contributed by atoms with van der Waals surface area (Å²) in [6.07, 6.45) is 1.27. The predicted molar refractivity (Wildman–Crippen MR) is 81.9 cm³/mol. The smallest absolute Gasteiger partial charge is 0.323 e. The fourth-order valence-corrected chi connectivity index (χ4v) is 2.01. The number of rotatable bonds is 10. The van der Waals surface area contributed by atoms with Gasteiger partial charge in [-0.25, -0.2) is 0 Å². The summed E-state index contributed by atoms with van der Waals surface area (Å²) < 4.78 is 10.7. The molecule has 0 aliphatic rings. The molecular weight excluding hydrogens is 270 g/mol. The number of methoxy groups -OCH3 is 1. The molecule has 0 aliphatic heterocycles. The molecule has 118 valence electrons. The molecule has 1 aromatic rings. The molecule has 0 spiro atoms. The highest BCUT2D eigenvalue weighted by atomic mass is 16.5. The Hall–Kier alpha value is -1.59. The van der Waals surface area contributed by atoms with E-state index >= 15 is 0 Å². The lowest BCUT2D eigenvalue weighted by Gasteiger charge is -2.25. The molecule has 0 amide bonds. The number of aliphatic carboxylic acids is 1. The van der Waals surface area contributed by atoms with Gasteiger partial charge in [0.05, 0.1) is 13.2 Å². The summed E-state index contributed by atoms with van der Waals surface area (Å²) in [7, 11) is 1.68. The molecule has 5 nitrogen and oxygen atoms in total. The van der Waals surface area contributed by atoms with Crippen LogP contribution in [-0.2, 0) is 16.0 Å². The minimum atomic E-state index is -0.951. The van der Waals surface area contributed by atoms with Crippen molar-refractivity contribution in [1.82, 2.24) is 5.32 Å². The summed E-state index contributed by atoms with van der Waals surface area (Å²) >= 11 is 0. The molecule has 0 heterocycles. The predicted octanol–water partition coefficient (Wildman–Crippen LogP) is 2.10. The summed E-state index contributed by atoms with van der Waals surface area (Å²) in [4.78, 5) is 11.3. The van der Waals surface area contributed by atoms with E-state index < -0.39 is 11.5 Å². The van der Waals surface area contributed by atoms with Crippen LogP contribution in [-0.4, -0.2) is 43.5 Å². The number of benzene rings is 1. The van der Waals surface area contributed by atoms with Crippen LogP contribution in [0.3, 0.4) is 0 Å². The molecule has 0 saturated carbocycles. The van der Waals surface area contributed by atoms with Crippen molar-refractivity contribution < 1.29 is 19.4 Å². The summed E-state index contributed by atoms with van der Waals surface area (Å²) in [6, 6.07) is 7.79. The Morgan fingerprint density at radius 3 is 2.48 bits per heavy atom. The quantitative estimate of drug-likeness (QED) is 0.692. The summed E-state index contributed by atoms with van der Waals surface area (Å²) in [5, 5.41) is 12.2. The first-order chi connectivity index (χ1) is 10.0. The maximum atomic E-state index is 11.3. The third-order valence-corrected chi connectivity index (χ3v) is 3.43. The van der Waals surface area contributed by atoms with Gasteiger partial charge in [0, 0.05) is 13.5 Å². The minimum absolute atomic E-state index is 0.354. The van der Waals surface area contributed by atoms with Crippen LogP contribution in [0.5, 0.6) is 5.75 Å². The van der Waals surface area contributed by atoms with Gasteiger partial charge in [0.15, 0.2) is 0 Å². The van der Waals surface area contributed by atoms with E-state index in [0.717, 1.165) is 12.2 Å². The van der Waals surface area contributed by atoms with Crippen LogP contribution in [0.1, 0.15) is 25.8 Å². The molecule has 1 unspecified atom stereocenters. The zero-order valence-corrected chi connectivity index (χ0v) is 13.0. The lowest BCUT2D eigenvalue weighted by Crippen LogP contribution is -2.50. The molecule has 0 aliphatic carbocycles. The third-order valence-electron chi connectivity index (χ3n) is 3.43. The van der Waals surface area contributed by atoms with Gasteiger partial charge < -0.3 is 19.9 Å². The van der Waals surface area contributed by atoms with Gasteiger partial charge in [0.25, 0.3) is 0 Å². The average molecular weight is 295 g/mol. The van der Waals surface area contributed by atoms with Crippen LogP contribution in [0.15, 0.2) is 24.3 Å². The Morgan fingerprint density at radius 1 is 1.29 bits per heavy atom. The lowest BCUT2D eigenvalue weighted by atomic mass is 9.98. The highest BCUT2D eigenvalue weighted by molar-refractivity contribution is 5.78. The molecule has 0 radical (unpaired) electrons. The first-order valence-electron chi connectivity index (χ1n) is 7.21. The van der Waals surface area contributed by atoms with Gasteiger partial charge in [-0.15, -0.1) is 0 Å². The number of carboxylic acids is 1. The highest BCUT2D eigenvalue weighted by Gasteiger charge is 2.31. The van der Waals surface area contributed by atoms with Gasteiger partial charge in [-0.3, -0.25) is 4.79 Å². The first-order valence-corrected chi connectivity index (χ1v) is 7.21. The largest absolute Gasteiger partial charge is 0.494 e. The number of carboxylic acid groups (broad SMARTS) is 1. The molecule has 2 N–H and O–H groups in total. The van der Waals surface area contributed by atoms with E-state index in [0.29, 0.717) is 26.2 Å². The van der Waals surface area contributed by atoms with E-state index in [1.807, 2.05) is 31.2 Å². The van der Waals surface area contributed by atoms with Crippen molar-refractivity contribution in [2.75, 3.05) is 26.9 Å². The van der Waals surface area contributed by atoms with Gasteiger partial charge in [-0.1, -0.05) is 19.1 Å². The third kappa shape index (κ3) is 5.73. The first kappa shape index (κ1) is 17.5.